The third-order valence-corrected chi connectivity index (χ3v) is 6.13. The summed E-state index contributed by atoms with van der Waals surface area (Å²) in [6, 6.07) is 0. The Morgan fingerprint density at radius 2 is 2.19 bits per heavy atom. The van der Waals surface area contributed by atoms with Gasteiger partial charge >= 0.3 is 0 Å². The fourth-order valence-corrected chi connectivity index (χ4v) is 4.35. The van der Waals surface area contributed by atoms with Crippen LogP contribution in [0.4, 0.5) is 0 Å². The first-order chi connectivity index (χ1) is 14.9. The number of guanidine groups is 1. The van der Waals surface area contributed by atoms with Crippen LogP contribution in [0.15, 0.2) is 52.1 Å². The molecule has 1 unspecified atom stereocenters. The van der Waals surface area contributed by atoms with E-state index in [2.05, 4.69) is 40.1 Å². The standard InChI is InChI=1S/C25H43N5O/c1-6-7-8-14-30-15-13-21(18-30)9-10-22-17-23(11-12-24(22)31-5)29-25(26)28-20(3)16-19(2)27-4/h16-17,21,27H,2,6-15,18H2,1,3-5H3,(H3,26,28,29)/b20-16-. The number of hydrogen-bond donors (Lipinski definition) is 3. The van der Waals surface area contributed by atoms with Crippen LogP contribution in [-0.4, -0.2) is 44.7 Å². The molecule has 0 saturated carbocycles. The lowest BCUT2D eigenvalue weighted by Crippen LogP contribution is -2.31. The van der Waals surface area contributed by atoms with E-state index in [1.807, 2.05) is 20.0 Å². The predicted octanol–water partition coefficient (Wildman–Crippen LogP) is 4.40. The van der Waals surface area contributed by atoms with Gasteiger partial charge in [0.05, 0.1) is 12.9 Å². The third-order valence-electron chi connectivity index (χ3n) is 6.13. The Kier molecular flexibility index (Phi) is 10.7. The van der Waals surface area contributed by atoms with Crippen molar-refractivity contribution in [1.82, 2.24) is 15.5 Å². The third kappa shape index (κ3) is 8.82. The van der Waals surface area contributed by atoms with Gasteiger partial charge in [0.2, 0.25) is 0 Å². The average molecular weight is 430 g/mol. The number of unbranched alkanes of at least 4 members (excludes halogenated alkanes) is 2. The Balaban J connectivity index is 1.91. The number of nitrogens with one attached hydrogen (secondary N) is 2. The van der Waals surface area contributed by atoms with Crippen molar-refractivity contribution in [3.63, 3.8) is 0 Å². The van der Waals surface area contributed by atoms with Crippen molar-refractivity contribution in [1.29, 1.82) is 0 Å². The molecule has 1 fully saturated rings. The second kappa shape index (κ2) is 13.3. The van der Waals surface area contributed by atoms with E-state index in [9.17, 15) is 0 Å². The summed E-state index contributed by atoms with van der Waals surface area (Å²) in [4.78, 5) is 7.07. The number of methoxy groups -OCH3 is 1. The first-order valence-corrected chi connectivity index (χ1v) is 11.8. The second-order valence-corrected chi connectivity index (χ2v) is 8.71. The van der Waals surface area contributed by atoms with Gasteiger partial charge in [-0.3, -0.25) is 0 Å². The highest BCUT2D eigenvalue weighted by Gasteiger charge is 2.23. The van der Waals surface area contributed by atoms with E-state index < -0.39 is 0 Å². The average Bonchev–Trinajstić information content (AvgIpc) is 3.20. The molecule has 2 aliphatic rings. The summed E-state index contributed by atoms with van der Waals surface area (Å²) in [6.45, 7) is 11.8. The van der Waals surface area contributed by atoms with E-state index in [1.54, 1.807) is 7.11 Å². The van der Waals surface area contributed by atoms with Gasteiger partial charge in [0.15, 0.2) is 5.96 Å². The van der Waals surface area contributed by atoms with Crippen LogP contribution in [0, 0.1) is 5.92 Å². The minimum atomic E-state index is 0.405. The predicted molar refractivity (Wildman–Crippen MR) is 131 cm³/mol. The van der Waals surface area contributed by atoms with E-state index in [4.69, 9.17) is 10.5 Å². The first kappa shape index (κ1) is 25.1. The van der Waals surface area contributed by atoms with Crippen molar-refractivity contribution in [2.75, 3.05) is 33.8 Å². The van der Waals surface area contributed by atoms with Crippen molar-refractivity contribution in [3.05, 3.63) is 47.2 Å². The monoisotopic (exact) mass is 429 g/mol. The molecular formula is C25H43N5O. The second-order valence-electron chi connectivity index (χ2n) is 8.71. The number of likely N-dealkylation sites (tertiary alicyclic amines) is 1. The molecule has 1 aliphatic carbocycles. The number of aliphatic imine (C=N–C) groups is 1. The normalized spacial score (nSPS) is 20.6. The van der Waals surface area contributed by atoms with Crippen molar-refractivity contribution in [2.45, 2.75) is 65.2 Å². The molecule has 1 saturated heterocycles. The van der Waals surface area contributed by atoms with Gasteiger partial charge in [0.1, 0.15) is 0 Å². The molecule has 0 bridgehead atoms. The summed E-state index contributed by atoms with van der Waals surface area (Å²) in [5, 5.41) is 6.26. The SMILES string of the molecule is C=C(/C=C(C)\N=C(/N)NC1=CC(CCC2CCN(CCCCC)C2)=C(OC)CC1)NC. The van der Waals surface area contributed by atoms with E-state index in [1.165, 1.54) is 57.3 Å². The van der Waals surface area contributed by atoms with E-state index >= 15 is 0 Å². The Morgan fingerprint density at radius 1 is 1.39 bits per heavy atom. The molecular weight excluding hydrogens is 386 g/mol. The summed E-state index contributed by atoms with van der Waals surface area (Å²) < 4.78 is 5.69. The lowest BCUT2D eigenvalue weighted by atomic mass is 9.93. The highest BCUT2D eigenvalue weighted by atomic mass is 16.5. The minimum Gasteiger partial charge on any atom is -0.501 e. The number of nitrogens with two attached hydrogens (primary N) is 1. The smallest absolute Gasteiger partial charge is 0.197 e. The zero-order valence-corrected chi connectivity index (χ0v) is 20.1. The summed E-state index contributed by atoms with van der Waals surface area (Å²) in [5.74, 6) is 2.31. The van der Waals surface area contributed by atoms with Crippen molar-refractivity contribution in [2.24, 2.45) is 16.6 Å². The molecule has 174 valence electrons. The van der Waals surface area contributed by atoms with Crippen molar-refractivity contribution in [3.8, 4) is 0 Å². The van der Waals surface area contributed by atoms with E-state index in [0.29, 0.717) is 5.96 Å². The zero-order valence-electron chi connectivity index (χ0n) is 20.1. The quantitative estimate of drug-likeness (QED) is 0.186. The molecule has 1 atom stereocenters. The van der Waals surface area contributed by atoms with Crippen LogP contribution in [0.5, 0.6) is 0 Å². The zero-order chi connectivity index (χ0) is 22.6. The van der Waals surface area contributed by atoms with Crippen LogP contribution in [0.1, 0.15) is 65.2 Å². The molecule has 1 aliphatic heterocycles. The van der Waals surface area contributed by atoms with Gasteiger partial charge in [-0.15, -0.1) is 0 Å². The maximum absolute atomic E-state index is 6.13. The molecule has 1 heterocycles. The highest BCUT2D eigenvalue weighted by Crippen LogP contribution is 2.30. The van der Waals surface area contributed by atoms with Crippen LogP contribution in [0.2, 0.25) is 0 Å². The largest absolute Gasteiger partial charge is 0.501 e. The fourth-order valence-electron chi connectivity index (χ4n) is 4.35. The minimum absolute atomic E-state index is 0.405. The Morgan fingerprint density at radius 3 is 2.90 bits per heavy atom. The lowest BCUT2D eigenvalue weighted by molar-refractivity contribution is 0.268. The van der Waals surface area contributed by atoms with Gasteiger partial charge in [0.25, 0.3) is 0 Å². The molecule has 0 aromatic carbocycles. The summed E-state index contributed by atoms with van der Waals surface area (Å²) in [6.07, 6.45) is 13.4. The van der Waals surface area contributed by atoms with Gasteiger partial charge in [-0.1, -0.05) is 26.3 Å². The van der Waals surface area contributed by atoms with E-state index in [0.717, 1.165) is 48.0 Å². The van der Waals surface area contributed by atoms with Gasteiger partial charge in [-0.2, -0.15) is 0 Å². The molecule has 4 N–H and O–H groups in total. The number of hydrogen-bond acceptors (Lipinski definition) is 4. The van der Waals surface area contributed by atoms with Crippen LogP contribution in [0.3, 0.4) is 0 Å². The van der Waals surface area contributed by atoms with Crippen LogP contribution in [-0.2, 0) is 4.74 Å². The van der Waals surface area contributed by atoms with Gasteiger partial charge in [-0.25, -0.2) is 4.99 Å². The molecule has 6 nitrogen and oxygen atoms in total. The van der Waals surface area contributed by atoms with Crippen molar-refractivity contribution < 1.29 is 4.74 Å². The van der Waals surface area contributed by atoms with Crippen LogP contribution in [0.25, 0.3) is 0 Å². The number of ether oxygens (including phenoxy) is 1. The molecule has 31 heavy (non-hydrogen) atoms. The van der Waals surface area contributed by atoms with Crippen molar-refractivity contribution >= 4 is 5.96 Å². The maximum Gasteiger partial charge on any atom is 0.197 e. The Hall–Kier alpha value is -2.21. The van der Waals surface area contributed by atoms with Gasteiger partial charge in [-0.05, 0) is 75.8 Å². The number of likely N-dealkylation sites (N-methyl/N-ethyl adjacent to an activating group) is 1. The van der Waals surface area contributed by atoms with Gasteiger partial charge < -0.3 is 26.0 Å². The molecule has 2 rings (SSSR count). The Bertz CT molecular complexity index is 719. The highest BCUT2D eigenvalue weighted by molar-refractivity contribution is 5.80. The number of rotatable bonds is 12. The molecule has 0 radical (unpaired) electrons. The summed E-state index contributed by atoms with van der Waals surface area (Å²) in [7, 11) is 3.62. The molecule has 0 aromatic rings. The summed E-state index contributed by atoms with van der Waals surface area (Å²) >= 11 is 0. The molecule has 0 amide bonds. The Labute approximate surface area is 189 Å². The molecule has 0 aromatic heterocycles. The fraction of sp³-hybridized carbons (Fsp3) is 0.640. The van der Waals surface area contributed by atoms with E-state index in [-0.39, 0.29) is 0 Å². The van der Waals surface area contributed by atoms with Crippen LogP contribution >= 0.6 is 0 Å². The number of nitrogens with zero attached hydrogens (tertiary/aromatic N) is 2. The first-order valence-electron chi connectivity index (χ1n) is 11.8. The maximum atomic E-state index is 6.13. The number of allylic oxidation sites excluding steroid dienone is 6. The topological polar surface area (TPSA) is 74.9 Å². The van der Waals surface area contributed by atoms with Crippen LogP contribution < -0.4 is 16.4 Å². The molecule has 0 spiro atoms. The lowest BCUT2D eigenvalue weighted by Gasteiger charge is -2.21. The van der Waals surface area contributed by atoms with Gasteiger partial charge in [0, 0.05) is 37.1 Å². The summed E-state index contributed by atoms with van der Waals surface area (Å²) in [5.41, 5.74) is 10.1. The molecule has 6 heteroatoms.